The number of hydrogen-bond acceptors (Lipinski definition) is 3. The van der Waals surface area contributed by atoms with Gasteiger partial charge in [0.1, 0.15) is 0 Å². The Bertz CT molecular complexity index is 236. The van der Waals surface area contributed by atoms with E-state index in [0.29, 0.717) is 13.2 Å². The predicted octanol–water partition coefficient (Wildman–Crippen LogP) is 3.24. The van der Waals surface area contributed by atoms with Gasteiger partial charge >= 0.3 is 5.97 Å². The summed E-state index contributed by atoms with van der Waals surface area (Å²) in [6.07, 6.45) is 12.0. The second-order valence-corrected chi connectivity index (χ2v) is 4.52. The minimum Gasteiger partial charge on any atom is -0.464 e. The number of carbonyl (C=O) groups excluding carboxylic acids is 1. The second kappa shape index (κ2) is 9.23. The summed E-state index contributed by atoms with van der Waals surface area (Å²) in [6, 6.07) is 0. The summed E-state index contributed by atoms with van der Waals surface area (Å²) in [4.78, 5) is 11.5. The Morgan fingerprint density at radius 3 is 2.59 bits per heavy atom. The van der Waals surface area contributed by atoms with E-state index < -0.39 is 6.10 Å². The van der Waals surface area contributed by atoms with Gasteiger partial charge < -0.3 is 9.47 Å². The van der Waals surface area contributed by atoms with Crippen LogP contribution in [-0.2, 0) is 14.3 Å². The molecule has 3 nitrogen and oxygen atoms in total. The Labute approximate surface area is 104 Å². The molecule has 0 aromatic rings. The molecule has 0 fully saturated rings. The van der Waals surface area contributed by atoms with Crippen LogP contribution in [0.5, 0.6) is 0 Å². The van der Waals surface area contributed by atoms with Crippen molar-refractivity contribution in [2.75, 3.05) is 13.2 Å². The Morgan fingerprint density at radius 1 is 1.06 bits per heavy atom. The smallest absolute Gasteiger partial charge is 0.334 e. The summed E-state index contributed by atoms with van der Waals surface area (Å²) in [6.45, 7) is 2.77. The largest absolute Gasteiger partial charge is 0.464 e. The van der Waals surface area contributed by atoms with Crippen LogP contribution in [0.15, 0.2) is 12.2 Å². The van der Waals surface area contributed by atoms with Crippen molar-refractivity contribution in [3.63, 3.8) is 0 Å². The fourth-order valence-corrected chi connectivity index (χ4v) is 1.82. The molecule has 0 radical (unpaired) electrons. The average Bonchev–Trinajstić information content (AvgIpc) is 2.34. The van der Waals surface area contributed by atoms with E-state index in [9.17, 15) is 4.79 Å². The van der Waals surface area contributed by atoms with Gasteiger partial charge in [0.15, 0.2) is 6.10 Å². The van der Waals surface area contributed by atoms with Crippen molar-refractivity contribution in [2.45, 2.75) is 58.0 Å². The summed E-state index contributed by atoms with van der Waals surface area (Å²) < 4.78 is 10.5. The number of carbonyl (C=O) groups is 1. The standard InChI is InChI=1S/C14H24O3/c1-13-14(15)17-12-10-8-6-4-2-3-5-7-9-11-16-13/h7,9,13H,2-6,8,10-12H2,1H3/b9-7-/t13-/m1/s1. The molecule has 0 amide bonds. The predicted molar refractivity (Wildman–Crippen MR) is 67.8 cm³/mol. The van der Waals surface area contributed by atoms with Gasteiger partial charge in [-0.1, -0.05) is 37.8 Å². The minimum absolute atomic E-state index is 0.242. The van der Waals surface area contributed by atoms with Crippen LogP contribution in [0.2, 0.25) is 0 Å². The maximum atomic E-state index is 11.5. The molecule has 1 heterocycles. The second-order valence-electron chi connectivity index (χ2n) is 4.52. The first-order valence-electron chi connectivity index (χ1n) is 6.74. The fourth-order valence-electron chi connectivity index (χ4n) is 1.82. The third kappa shape index (κ3) is 7.16. The highest BCUT2D eigenvalue weighted by molar-refractivity contribution is 5.74. The summed E-state index contributed by atoms with van der Waals surface area (Å²) >= 11 is 0. The summed E-state index contributed by atoms with van der Waals surface area (Å²) in [5.41, 5.74) is 0. The molecule has 17 heavy (non-hydrogen) atoms. The Balaban J connectivity index is 2.31. The monoisotopic (exact) mass is 240 g/mol. The lowest BCUT2D eigenvalue weighted by Crippen LogP contribution is -2.23. The SMILES string of the molecule is C[C@H]1OC/C=C\CCCCCCCCOC1=O. The first-order valence-corrected chi connectivity index (χ1v) is 6.74. The highest BCUT2D eigenvalue weighted by atomic mass is 16.6. The first kappa shape index (κ1) is 14.2. The normalized spacial score (nSPS) is 27.6. The molecular weight excluding hydrogens is 216 g/mol. The number of rotatable bonds is 0. The van der Waals surface area contributed by atoms with Crippen LogP contribution in [-0.4, -0.2) is 25.3 Å². The molecule has 98 valence electrons. The molecule has 1 aliphatic heterocycles. The fraction of sp³-hybridized carbons (Fsp3) is 0.786. The number of hydrogen-bond donors (Lipinski definition) is 0. The molecule has 0 unspecified atom stereocenters. The van der Waals surface area contributed by atoms with Crippen LogP contribution in [0.3, 0.4) is 0 Å². The Kier molecular flexibility index (Phi) is 7.72. The van der Waals surface area contributed by atoms with Gasteiger partial charge in [-0.25, -0.2) is 4.79 Å². The van der Waals surface area contributed by atoms with E-state index in [0.717, 1.165) is 19.3 Å². The van der Waals surface area contributed by atoms with Gasteiger partial charge in [-0.3, -0.25) is 0 Å². The molecule has 0 aromatic heterocycles. The van der Waals surface area contributed by atoms with Crippen LogP contribution < -0.4 is 0 Å². The lowest BCUT2D eigenvalue weighted by Gasteiger charge is -2.11. The van der Waals surface area contributed by atoms with Crippen molar-refractivity contribution < 1.29 is 14.3 Å². The molecule has 0 saturated carbocycles. The molecule has 0 spiro atoms. The molecule has 0 aliphatic carbocycles. The highest BCUT2D eigenvalue weighted by Gasteiger charge is 2.13. The van der Waals surface area contributed by atoms with E-state index >= 15 is 0 Å². The quantitative estimate of drug-likeness (QED) is 0.481. The third-order valence-electron chi connectivity index (χ3n) is 2.95. The number of allylic oxidation sites excluding steroid dienone is 1. The van der Waals surface area contributed by atoms with Gasteiger partial charge in [0.05, 0.1) is 13.2 Å². The van der Waals surface area contributed by atoms with Gasteiger partial charge in [-0.15, -0.1) is 0 Å². The van der Waals surface area contributed by atoms with Crippen LogP contribution in [0.4, 0.5) is 0 Å². The lowest BCUT2D eigenvalue weighted by atomic mass is 10.1. The molecule has 0 N–H and O–H groups in total. The molecular formula is C14H24O3. The van der Waals surface area contributed by atoms with Gasteiger partial charge in [0.25, 0.3) is 0 Å². The zero-order valence-electron chi connectivity index (χ0n) is 10.8. The lowest BCUT2D eigenvalue weighted by molar-refractivity contribution is -0.155. The summed E-state index contributed by atoms with van der Waals surface area (Å²) in [7, 11) is 0. The van der Waals surface area contributed by atoms with Gasteiger partial charge in [0, 0.05) is 0 Å². The molecule has 3 heteroatoms. The van der Waals surface area contributed by atoms with Gasteiger partial charge in [0.2, 0.25) is 0 Å². The van der Waals surface area contributed by atoms with Crippen molar-refractivity contribution in [1.82, 2.24) is 0 Å². The van der Waals surface area contributed by atoms with Crippen LogP contribution >= 0.6 is 0 Å². The van der Waals surface area contributed by atoms with Crippen LogP contribution in [0.1, 0.15) is 51.9 Å². The van der Waals surface area contributed by atoms with E-state index in [1.165, 1.54) is 25.7 Å². The zero-order valence-corrected chi connectivity index (χ0v) is 10.8. The van der Waals surface area contributed by atoms with Crippen LogP contribution in [0.25, 0.3) is 0 Å². The maximum Gasteiger partial charge on any atom is 0.334 e. The van der Waals surface area contributed by atoms with E-state index in [1.54, 1.807) is 6.92 Å². The minimum atomic E-state index is -0.454. The average molecular weight is 240 g/mol. The van der Waals surface area contributed by atoms with Gasteiger partial charge in [-0.05, 0) is 26.2 Å². The number of ether oxygens (including phenoxy) is 2. The Hall–Kier alpha value is -0.830. The van der Waals surface area contributed by atoms with E-state index in [1.807, 2.05) is 6.08 Å². The van der Waals surface area contributed by atoms with Crippen molar-refractivity contribution in [1.29, 1.82) is 0 Å². The maximum absolute atomic E-state index is 11.5. The Morgan fingerprint density at radius 2 is 1.76 bits per heavy atom. The molecule has 1 rings (SSSR count). The first-order chi connectivity index (χ1) is 8.30. The van der Waals surface area contributed by atoms with Crippen molar-refractivity contribution in [2.24, 2.45) is 0 Å². The van der Waals surface area contributed by atoms with E-state index in [4.69, 9.17) is 9.47 Å². The molecule has 0 bridgehead atoms. The van der Waals surface area contributed by atoms with E-state index in [2.05, 4.69) is 6.08 Å². The van der Waals surface area contributed by atoms with E-state index in [-0.39, 0.29) is 5.97 Å². The summed E-state index contributed by atoms with van der Waals surface area (Å²) in [5.74, 6) is -0.242. The topological polar surface area (TPSA) is 35.5 Å². The third-order valence-corrected chi connectivity index (χ3v) is 2.95. The highest BCUT2D eigenvalue weighted by Crippen LogP contribution is 2.08. The van der Waals surface area contributed by atoms with Crippen molar-refractivity contribution in [3.8, 4) is 0 Å². The van der Waals surface area contributed by atoms with Crippen molar-refractivity contribution in [3.05, 3.63) is 12.2 Å². The molecule has 1 atom stereocenters. The molecule has 0 saturated heterocycles. The molecule has 0 aromatic carbocycles. The van der Waals surface area contributed by atoms with Crippen molar-refractivity contribution >= 4 is 5.97 Å². The molecule has 1 aliphatic rings. The number of cyclic esters (lactones) is 1. The summed E-state index contributed by atoms with van der Waals surface area (Å²) in [5, 5.41) is 0. The van der Waals surface area contributed by atoms with Gasteiger partial charge in [-0.2, -0.15) is 0 Å². The number of esters is 1. The zero-order chi connectivity index (χ0) is 12.3. The van der Waals surface area contributed by atoms with Crippen LogP contribution in [0, 0.1) is 0 Å².